The average Bonchev–Trinajstić information content (AvgIpc) is 3.09. The first-order chi connectivity index (χ1) is 12.2. The molecule has 0 radical (unpaired) electrons. The molecule has 0 aromatic heterocycles. The van der Waals surface area contributed by atoms with Gasteiger partial charge >= 0.3 is 0 Å². The molecule has 4 heteroatoms. The number of ether oxygens (including phenoxy) is 1. The zero-order valence-electron chi connectivity index (χ0n) is 14.7. The predicted octanol–water partition coefficient (Wildman–Crippen LogP) is 2.83. The summed E-state index contributed by atoms with van der Waals surface area (Å²) in [6, 6.07) is 18.2. The van der Waals surface area contributed by atoms with Crippen LogP contribution in [0.15, 0.2) is 54.6 Å². The molecule has 2 atom stereocenters. The van der Waals surface area contributed by atoms with Gasteiger partial charge < -0.3 is 15.4 Å². The van der Waals surface area contributed by atoms with Crippen LogP contribution in [0.5, 0.6) is 5.75 Å². The summed E-state index contributed by atoms with van der Waals surface area (Å²) in [5.41, 5.74) is 8.26. The highest BCUT2D eigenvalue weighted by Gasteiger charge is 2.34. The van der Waals surface area contributed by atoms with Crippen LogP contribution < -0.4 is 10.5 Å². The van der Waals surface area contributed by atoms with E-state index in [9.17, 15) is 4.79 Å². The number of rotatable bonds is 6. The van der Waals surface area contributed by atoms with E-state index in [1.165, 1.54) is 5.56 Å². The van der Waals surface area contributed by atoms with Crippen LogP contribution in [0.1, 0.15) is 24.0 Å². The normalized spacial score (nSPS) is 19.8. The van der Waals surface area contributed by atoms with Crippen LogP contribution in [-0.2, 0) is 11.2 Å². The SMILES string of the molecule is CCOc1ccc(CC(=O)N2C[C@@H](CN)[C@H](c3ccccc3)C2)cc1. The van der Waals surface area contributed by atoms with E-state index in [0.29, 0.717) is 31.4 Å². The van der Waals surface area contributed by atoms with Crippen LogP contribution in [-0.4, -0.2) is 37.0 Å². The lowest BCUT2D eigenvalue weighted by Gasteiger charge is -2.17. The van der Waals surface area contributed by atoms with Crippen LogP contribution >= 0.6 is 0 Å². The van der Waals surface area contributed by atoms with Crippen LogP contribution in [0.3, 0.4) is 0 Å². The van der Waals surface area contributed by atoms with Gasteiger partial charge in [-0.2, -0.15) is 0 Å². The number of amides is 1. The molecule has 25 heavy (non-hydrogen) atoms. The zero-order chi connectivity index (χ0) is 17.6. The third kappa shape index (κ3) is 4.20. The summed E-state index contributed by atoms with van der Waals surface area (Å²) in [4.78, 5) is 14.7. The first kappa shape index (κ1) is 17.5. The van der Waals surface area contributed by atoms with E-state index in [2.05, 4.69) is 12.1 Å². The summed E-state index contributed by atoms with van der Waals surface area (Å²) < 4.78 is 5.45. The second-order valence-corrected chi connectivity index (χ2v) is 6.57. The number of carbonyl (C=O) groups is 1. The second kappa shape index (κ2) is 8.17. The fraction of sp³-hybridized carbons (Fsp3) is 0.381. The average molecular weight is 338 g/mol. The third-order valence-electron chi connectivity index (χ3n) is 4.91. The lowest BCUT2D eigenvalue weighted by atomic mass is 9.89. The van der Waals surface area contributed by atoms with Crippen molar-refractivity contribution in [2.24, 2.45) is 11.7 Å². The van der Waals surface area contributed by atoms with Crippen LogP contribution in [0.25, 0.3) is 0 Å². The third-order valence-corrected chi connectivity index (χ3v) is 4.91. The highest BCUT2D eigenvalue weighted by atomic mass is 16.5. The van der Waals surface area contributed by atoms with Crippen molar-refractivity contribution in [2.45, 2.75) is 19.3 Å². The van der Waals surface area contributed by atoms with Gasteiger partial charge in [-0.3, -0.25) is 4.79 Å². The van der Waals surface area contributed by atoms with E-state index >= 15 is 0 Å². The van der Waals surface area contributed by atoms with Crippen molar-refractivity contribution in [1.82, 2.24) is 4.90 Å². The van der Waals surface area contributed by atoms with Crippen LogP contribution in [0.4, 0.5) is 0 Å². The standard InChI is InChI=1S/C21H26N2O2/c1-2-25-19-10-8-16(9-11-19)12-21(24)23-14-18(13-22)20(15-23)17-6-4-3-5-7-17/h3-11,18,20H,2,12-15,22H2,1H3/t18-,20+/m1/s1. The van der Waals surface area contributed by atoms with Gasteiger partial charge in [-0.25, -0.2) is 0 Å². The van der Waals surface area contributed by atoms with E-state index in [0.717, 1.165) is 24.4 Å². The Labute approximate surface area is 149 Å². The molecule has 3 rings (SSSR count). The summed E-state index contributed by atoms with van der Waals surface area (Å²) in [7, 11) is 0. The molecule has 0 spiro atoms. The Hall–Kier alpha value is -2.33. The number of likely N-dealkylation sites (tertiary alicyclic amines) is 1. The Bertz CT molecular complexity index is 685. The molecular formula is C21H26N2O2. The summed E-state index contributed by atoms with van der Waals surface area (Å²) in [6.45, 7) is 4.70. The molecule has 0 saturated carbocycles. The Morgan fingerprint density at radius 3 is 2.48 bits per heavy atom. The van der Waals surface area contributed by atoms with Crippen molar-refractivity contribution in [3.63, 3.8) is 0 Å². The zero-order valence-corrected chi connectivity index (χ0v) is 14.7. The van der Waals surface area contributed by atoms with E-state index < -0.39 is 0 Å². The molecule has 2 aromatic carbocycles. The quantitative estimate of drug-likeness (QED) is 0.881. The Morgan fingerprint density at radius 1 is 1.12 bits per heavy atom. The molecule has 2 aromatic rings. The van der Waals surface area contributed by atoms with Gasteiger partial charge in [0.2, 0.25) is 5.91 Å². The summed E-state index contributed by atoms with van der Waals surface area (Å²) >= 11 is 0. The summed E-state index contributed by atoms with van der Waals surface area (Å²) in [6.07, 6.45) is 0.422. The molecule has 2 N–H and O–H groups in total. The van der Waals surface area contributed by atoms with E-state index in [1.807, 2.05) is 54.3 Å². The van der Waals surface area contributed by atoms with Gasteiger partial charge in [-0.15, -0.1) is 0 Å². The van der Waals surface area contributed by atoms with Crippen molar-refractivity contribution >= 4 is 5.91 Å². The van der Waals surface area contributed by atoms with Gasteiger partial charge in [0.1, 0.15) is 5.75 Å². The molecule has 0 unspecified atom stereocenters. The van der Waals surface area contributed by atoms with Gasteiger partial charge in [0.05, 0.1) is 13.0 Å². The Morgan fingerprint density at radius 2 is 1.84 bits per heavy atom. The monoisotopic (exact) mass is 338 g/mol. The van der Waals surface area contributed by atoms with Gasteiger partial charge in [0, 0.05) is 19.0 Å². The highest BCUT2D eigenvalue weighted by Crippen LogP contribution is 2.32. The second-order valence-electron chi connectivity index (χ2n) is 6.57. The molecule has 1 saturated heterocycles. The molecule has 0 aliphatic carbocycles. The molecule has 1 aliphatic rings. The maximum Gasteiger partial charge on any atom is 0.227 e. The van der Waals surface area contributed by atoms with Gasteiger partial charge in [-0.1, -0.05) is 42.5 Å². The number of hydrogen-bond acceptors (Lipinski definition) is 3. The fourth-order valence-corrected chi connectivity index (χ4v) is 3.55. The molecule has 1 amide bonds. The lowest BCUT2D eigenvalue weighted by Crippen LogP contribution is -2.31. The topological polar surface area (TPSA) is 55.6 Å². The summed E-state index contributed by atoms with van der Waals surface area (Å²) in [5, 5.41) is 0. The number of benzene rings is 2. The number of nitrogens with two attached hydrogens (primary N) is 1. The lowest BCUT2D eigenvalue weighted by molar-refractivity contribution is -0.129. The van der Waals surface area contributed by atoms with Crippen molar-refractivity contribution in [3.8, 4) is 5.75 Å². The van der Waals surface area contributed by atoms with Crippen molar-refractivity contribution in [3.05, 3.63) is 65.7 Å². The molecule has 1 fully saturated rings. The minimum Gasteiger partial charge on any atom is -0.494 e. The van der Waals surface area contributed by atoms with E-state index in [4.69, 9.17) is 10.5 Å². The van der Waals surface area contributed by atoms with E-state index in [-0.39, 0.29) is 5.91 Å². The van der Waals surface area contributed by atoms with Gasteiger partial charge in [0.15, 0.2) is 0 Å². The molecule has 4 nitrogen and oxygen atoms in total. The first-order valence-corrected chi connectivity index (χ1v) is 8.95. The van der Waals surface area contributed by atoms with Crippen LogP contribution in [0.2, 0.25) is 0 Å². The minimum atomic E-state index is 0.168. The van der Waals surface area contributed by atoms with Crippen molar-refractivity contribution in [2.75, 3.05) is 26.2 Å². The Balaban J connectivity index is 1.64. The largest absolute Gasteiger partial charge is 0.494 e. The number of hydrogen-bond donors (Lipinski definition) is 1. The van der Waals surface area contributed by atoms with Crippen molar-refractivity contribution < 1.29 is 9.53 Å². The van der Waals surface area contributed by atoms with Crippen molar-refractivity contribution in [1.29, 1.82) is 0 Å². The molecule has 0 bridgehead atoms. The van der Waals surface area contributed by atoms with Crippen LogP contribution in [0, 0.1) is 5.92 Å². The van der Waals surface area contributed by atoms with Gasteiger partial charge in [-0.05, 0) is 42.6 Å². The molecule has 132 valence electrons. The fourth-order valence-electron chi connectivity index (χ4n) is 3.55. The maximum absolute atomic E-state index is 12.7. The maximum atomic E-state index is 12.7. The first-order valence-electron chi connectivity index (χ1n) is 8.95. The molecule has 1 aliphatic heterocycles. The summed E-state index contributed by atoms with van der Waals surface area (Å²) in [5.74, 6) is 1.66. The molecule has 1 heterocycles. The predicted molar refractivity (Wildman–Crippen MR) is 99.6 cm³/mol. The number of carbonyl (C=O) groups excluding carboxylic acids is 1. The smallest absolute Gasteiger partial charge is 0.227 e. The van der Waals surface area contributed by atoms with Gasteiger partial charge in [0.25, 0.3) is 0 Å². The number of nitrogens with zero attached hydrogens (tertiary/aromatic N) is 1. The molecular weight excluding hydrogens is 312 g/mol. The van der Waals surface area contributed by atoms with E-state index in [1.54, 1.807) is 0 Å². The Kier molecular flexibility index (Phi) is 5.71. The minimum absolute atomic E-state index is 0.168. The highest BCUT2D eigenvalue weighted by molar-refractivity contribution is 5.79.